The van der Waals surface area contributed by atoms with Crippen LogP contribution >= 0.6 is 0 Å². The van der Waals surface area contributed by atoms with E-state index >= 15 is 0 Å². The second-order valence-electron chi connectivity index (χ2n) is 3.21. The van der Waals surface area contributed by atoms with Crippen molar-refractivity contribution >= 4 is 12.3 Å². The molecule has 0 fully saturated rings. The molecule has 0 heterocycles. The first-order chi connectivity index (χ1) is 6.61. The summed E-state index contributed by atoms with van der Waals surface area (Å²) in [5.41, 5.74) is 1.12. The summed E-state index contributed by atoms with van der Waals surface area (Å²) >= 11 is 0. The van der Waals surface area contributed by atoms with Crippen LogP contribution in [0.4, 0.5) is 0 Å². The Balaban J connectivity index is 4.06. The number of allylic oxidation sites excluding steroid dienone is 4. The smallest absolute Gasteiger partial charge is 0.229 e. The highest BCUT2D eigenvalue weighted by Crippen LogP contribution is 2.06. The van der Waals surface area contributed by atoms with E-state index < -0.39 is 0 Å². The SMILES string of the molecule is C/C=C/C(C)=C\CC(C)C(=O)NC=O. The fraction of sp³-hybridized carbons (Fsp3) is 0.455. The van der Waals surface area contributed by atoms with Crippen LogP contribution in [0.5, 0.6) is 0 Å². The lowest BCUT2D eigenvalue weighted by molar-refractivity contribution is -0.127. The fourth-order valence-electron chi connectivity index (χ4n) is 1.00. The van der Waals surface area contributed by atoms with Crippen LogP contribution in [0.15, 0.2) is 23.8 Å². The van der Waals surface area contributed by atoms with E-state index in [1.165, 1.54) is 0 Å². The van der Waals surface area contributed by atoms with Gasteiger partial charge in [-0.1, -0.05) is 30.7 Å². The van der Waals surface area contributed by atoms with Crippen molar-refractivity contribution < 1.29 is 9.59 Å². The van der Waals surface area contributed by atoms with Crippen molar-refractivity contribution in [2.24, 2.45) is 5.92 Å². The fourth-order valence-corrected chi connectivity index (χ4v) is 1.00. The van der Waals surface area contributed by atoms with E-state index in [9.17, 15) is 9.59 Å². The third-order valence-corrected chi connectivity index (χ3v) is 1.87. The number of carbonyl (C=O) groups excluding carboxylic acids is 2. The van der Waals surface area contributed by atoms with Gasteiger partial charge in [0.1, 0.15) is 0 Å². The first kappa shape index (κ1) is 12.6. The molecular formula is C11H17NO2. The Morgan fingerprint density at radius 3 is 2.64 bits per heavy atom. The first-order valence-electron chi connectivity index (χ1n) is 4.65. The van der Waals surface area contributed by atoms with Crippen molar-refractivity contribution in [2.45, 2.75) is 27.2 Å². The van der Waals surface area contributed by atoms with Gasteiger partial charge in [-0.2, -0.15) is 0 Å². The van der Waals surface area contributed by atoms with Crippen LogP contribution < -0.4 is 5.32 Å². The van der Waals surface area contributed by atoms with Gasteiger partial charge in [0.2, 0.25) is 12.3 Å². The molecule has 0 aliphatic heterocycles. The van der Waals surface area contributed by atoms with Crippen LogP contribution in [0.2, 0.25) is 0 Å². The summed E-state index contributed by atoms with van der Waals surface area (Å²) in [6, 6.07) is 0. The molecule has 1 N–H and O–H groups in total. The van der Waals surface area contributed by atoms with Crippen molar-refractivity contribution in [2.75, 3.05) is 0 Å². The normalized spacial score (nSPS) is 14.1. The van der Waals surface area contributed by atoms with Crippen molar-refractivity contribution in [3.05, 3.63) is 23.8 Å². The van der Waals surface area contributed by atoms with Crippen molar-refractivity contribution in [3.8, 4) is 0 Å². The predicted molar refractivity (Wildman–Crippen MR) is 56.6 cm³/mol. The first-order valence-corrected chi connectivity index (χ1v) is 4.65. The molecule has 0 rings (SSSR count). The Hall–Kier alpha value is -1.38. The van der Waals surface area contributed by atoms with E-state index in [0.29, 0.717) is 12.8 Å². The minimum atomic E-state index is -0.232. The lowest BCUT2D eigenvalue weighted by Gasteiger charge is -2.05. The van der Waals surface area contributed by atoms with Gasteiger partial charge in [0.05, 0.1) is 0 Å². The van der Waals surface area contributed by atoms with Crippen LogP contribution in [0.3, 0.4) is 0 Å². The van der Waals surface area contributed by atoms with Crippen molar-refractivity contribution in [1.82, 2.24) is 5.32 Å². The minimum absolute atomic E-state index is 0.166. The molecule has 0 bridgehead atoms. The third-order valence-electron chi connectivity index (χ3n) is 1.87. The Bertz CT molecular complexity index is 254. The van der Waals surface area contributed by atoms with Gasteiger partial charge in [0.15, 0.2) is 0 Å². The maximum atomic E-state index is 11.1. The van der Waals surface area contributed by atoms with Crippen molar-refractivity contribution in [3.63, 3.8) is 0 Å². The van der Waals surface area contributed by atoms with Crippen LogP contribution in [0.25, 0.3) is 0 Å². The molecule has 0 aromatic heterocycles. The minimum Gasteiger partial charge on any atom is -0.299 e. The molecular weight excluding hydrogens is 178 g/mol. The van der Waals surface area contributed by atoms with E-state index in [-0.39, 0.29) is 11.8 Å². The maximum absolute atomic E-state index is 11.1. The van der Waals surface area contributed by atoms with Crippen LogP contribution in [-0.4, -0.2) is 12.3 Å². The lowest BCUT2D eigenvalue weighted by Crippen LogP contribution is -2.27. The van der Waals surface area contributed by atoms with Gasteiger partial charge in [-0.25, -0.2) is 0 Å². The van der Waals surface area contributed by atoms with E-state index in [1.807, 2.05) is 32.1 Å². The molecule has 14 heavy (non-hydrogen) atoms. The molecule has 0 radical (unpaired) electrons. The Morgan fingerprint density at radius 2 is 2.14 bits per heavy atom. The average molecular weight is 195 g/mol. The van der Waals surface area contributed by atoms with Gasteiger partial charge in [0, 0.05) is 5.92 Å². The van der Waals surface area contributed by atoms with Gasteiger partial charge in [-0.15, -0.1) is 0 Å². The summed E-state index contributed by atoms with van der Waals surface area (Å²) in [7, 11) is 0. The zero-order chi connectivity index (χ0) is 11.0. The quantitative estimate of drug-likeness (QED) is 0.537. The molecule has 2 amide bonds. The molecule has 0 aliphatic rings. The molecule has 78 valence electrons. The van der Waals surface area contributed by atoms with Crippen LogP contribution in [0, 0.1) is 5.92 Å². The molecule has 3 nitrogen and oxygen atoms in total. The second-order valence-corrected chi connectivity index (χ2v) is 3.21. The van der Waals surface area contributed by atoms with Gasteiger partial charge < -0.3 is 0 Å². The van der Waals surface area contributed by atoms with Gasteiger partial charge in [-0.3, -0.25) is 14.9 Å². The molecule has 0 saturated heterocycles. The molecule has 1 unspecified atom stereocenters. The molecule has 1 atom stereocenters. The zero-order valence-electron chi connectivity index (χ0n) is 8.91. The summed E-state index contributed by atoms with van der Waals surface area (Å²) < 4.78 is 0. The number of hydrogen-bond donors (Lipinski definition) is 1. The van der Waals surface area contributed by atoms with Gasteiger partial charge >= 0.3 is 0 Å². The topological polar surface area (TPSA) is 46.2 Å². The highest BCUT2D eigenvalue weighted by molar-refractivity contribution is 5.87. The summed E-state index contributed by atoms with van der Waals surface area (Å²) in [6.45, 7) is 5.71. The Morgan fingerprint density at radius 1 is 1.50 bits per heavy atom. The highest BCUT2D eigenvalue weighted by Gasteiger charge is 2.09. The number of carbonyl (C=O) groups is 2. The largest absolute Gasteiger partial charge is 0.299 e. The summed E-state index contributed by atoms with van der Waals surface area (Å²) in [5, 5.41) is 2.13. The zero-order valence-corrected chi connectivity index (χ0v) is 8.91. The number of imide groups is 1. The van der Waals surface area contributed by atoms with E-state index in [0.717, 1.165) is 5.57 Å². The molecule has 0 spiro atoms. The van der Waals surface area contributed by atoms with Gasteiger partial charge in [0.25, 0.3) is 0 Å². The van der Waals surface area contributed by atoms with Crippen LogP contribution in [0.1, 0.15) is 27.2 Å². The molecule has 0 saturated carbocycles. The molecule has 0 aliphatic carbocycles. The maximum Gasteiger partial charge on any atom is 0.229 e. The molecule has 0 aromatic rings. The number of rotatable bonds is 5. The lowest BCUT2D eigenvalue weighted by atomic mass is 10.1. The molecule has 3 heteroatoms. The standard InChI is InChI=1S/C11H17NO2/c1-4-5-9(2)6-7-10(3)11(14)12-8-13/h4-6,8,10H,7H2,1-3H3,(H,12,13,14)/b5-4+,9-6-. The number of hydrogen-bond acceptors (Lipinski definition) is 2. The average Bonchev–Trinajstić information content (AvgIpc) is 2.15. The number of amides is 2. The Kier molecular flexibility index (Phi) is 6.37. The Labute approximate surface area is 84.9 Å². The van der Waals surface area contributed by atoms with E-state index in [2.05, 4.69) is 5.32 Å². The van der Waals surface area contributed by atoms with E-state index in [1.54, 1.807) is 6.92 Å². The number of nitrogens with one attached hydrogen (secondary N) is 1. The van der Waals surface area contributed by atoms with Crippen molar-refractivity contribution in [1.29, 1.82) is 0 Å². The predicted octanol–water partition coefficient (Wildman–Crippen LogP) is 1.81. The monoisotopic (exact) mass is 195 g/mol. The summed E-state index contributed by atoms with van der Waals surface area (Å²) in [5.74, 6) is -0.398. The highest BCUT2D eigenvalue weighted by atomic mass is 16.2. The third kappa shape index (κ3) is 5.30. The second kappa shape index (κ2) is 7.06. The van der Waals surface area contributed by atoms with Crippen LogP contribution in [-0.2, 0) is 9.59 Å². The van der Waals surface area contributed by atoms with E-state index in [4.69, 9.17) is 0 Å². The summed E-state index contributed by atoms with van der Waals surface area (Å²) in [4.78, 5) is 21.1. The molecule has 0 aromatic carbocycles. The summed E-state index contributed by atoms with van der Waals surface area (Å²) in [6.07, 6.45) is 6.97. The van der Waals surface area contributed by atoms with Gasteiger partial charge in [-0.05, 0) is 20.3 Å².